The molecule has 0 radical (unpaired) electrons. The minimum absolute atomic E-state index is 0.0951. The number of hydrogen-bond acceptors (Lipinski definition) is 2. The first kappa shape index (κ1) is 16.3. The van der Waals surface area contributed by atoms with E-state index in [2.05, 4.69) is 10.4 Å². The van der Waals surface area contributed by atoms with Crippen LogP contribution < -0.4 is 10.9 Å². The Bertz CT molecular complexity index is 550. The number of carbonyl (C=O) groups excluding carboxylic acids is 1. The molecule has 0 unspecified atom stereocenters. The van der Waals surface area contributed by atoms with E-state index in [0.29, 0.717) is 0 Å². The van der Waals surface area contributed by atoms with Crippen LogP contribution in [0.3, 0.4) is 0 Å². The Kier molecular flexibility index (Phi) is 4.36. The van der Waals surface area contributed by atoms with Crippen molar-refractivity contribution in [2.75, 3.05) is 0 Å². The second kappa shape index (κ2) is 5.34. The third-order valence-corrected chi connectivity index (χ3v) is 2.80. The SMILES string of the molecule is Cc1c(CNC(=O)C(C)(C)C)c(=O)[nH]n1CC(F)(F)F. The van der Waals surface area contributed by atoms with Crippen LogP contribution in [0.2, 0.25) is 0 Å². The topological polar surface area (TPSA) is 66.9 Å². The minimum atomic E-state index is -4.42. The number of nitrogens with zero attached hydrogens (tertiary/aromatic N) is 1. The van der Waals surface area contributed by atoms with Gasteiger partial charge in [0.25, 0.3) is 5.56 Å². The Hall–Kier alpha value is -1.73. The van der Waals surface area contributed by atoms with Gasteiger partial charge in [-0.1, -0.05) is 20.8 Å². The molecule has 0 spiro atoms. The van der Waals surface area contributed by atoms with Gasteiger partial charge in [0.05, 0.1) is 12.1 Å². The summed E-state index contributed by atoms with van der Waals surface area (Å²) in [5, 5.41) is 4.66. The van der Waals surface area contributed by atoms with Gasteiger partial charge in [-0.15, -0.1) is 0 Å². The zero-order valence-electron chi connectivity index (χ0n) is 11.8. The molecule has 0 aliphatic rings. The third kappa shape index (κ3) is 4.14. The first-order valence-corrected chi connectivity index (χ1v) is 6.05. The molecule has 0 aliphatic heterocycles. The lowest BCUT2D eigenvalue weighted by molar-refractivity contribution is -0.143. The van der Waals surface area contributed by atoms with Gasteiger partial charge in [0.2, 0.25) is 5.91 Å². The maximum absolute atomic E-state index is 12.3. The number of nitrogens with one attached hydrogen (secondary N) is 2. The molecular formula is C12H18F3N3O2. The van der Waals surface area contributed by atoms with Crippen molar-refractivity contribution in [3.8, 4) is 0 Å². The number of H-pyrrole nitrogens is 1. The predicted octanol–water partition coefficient (Wildman–Crippen LogP) is 1.71. The van der Waals surface area contributed by atoms with E-state index in [4.69, 9.17) is 0 Å². The average molecular weight is 293 g/mol. The summed E-state index contributed by atoms with van der Waals surface area (Å²) in [6.07, 6.45) is -4.42. The van der Waals surface area contributed by atoms with E-state index < -0.39 is 23.7 Å². The van der Waals surface area contributed by atoms with Gasteiger partial charge in [-0.05, 0) is 6.92 Å². The van der Waals surface area contributed by atoms with Gasteiger partial charge in [0.15, 0.2) is 0 Å². The van der Waals surface area contributed by atoms with Crippen molar-refractivity contribution < 1.29 is 18.0 Å². The van der Waals surface area contributed by atoms with Crippen LogP contribution in [0.15, 0.2) is 4.79 Å². The van der Waals surface area contributed by atoms with Gasteiger partial charge < -0.3 is 5.32 Å². The maximum Gasteiger partial charge on any atom is 0.407 e. The van der Waals surface area contributed by atoms with Crippen LogP contribution in [0.25, 0.3) is 0 Å². The monoisotopic (exact) mass is 293 g/mol. The molecule has 1 rings (SSSR count). The van der Waals surface area contributed by atoms with Crippen LogP contribution in [-0.4, -0.2) is 21.9 Å². The van der Waals surface area contributed by atoms with Gasteiger partial charge in [-0.2, -0.15) is 13.2 Å². The van der Waals surface area contributed by atoms with E-state index in [0.717, 1.165) is 4.68 Å². The highest BCUT2D eigenvalue weighted by molar-refractivity contribution is 5.81. The largest absolute Gasteiger partial charge is 0.407 e. The maximum atomic E-state index is 12.3. The molecule has 1 heterocycles. The summed E-state index contributed by atoms with van der Waals surface area (Å²) in [4.78, 5) is 23.3. The molecule has 20 heavy (non-hydrogen) atoms. The van der Waals surface area contributed by atoms with Crippen molar-refractivity contribution in [3.05, 3.63) is 21.6 Å². The predicted molar refractivity (Wildman–Crippen MR) is 67.1 cm³/mol. The molecule has 1 amide bonds. The molecule has 114 valence electrons. The van der Waals surface area contributed by atoms with Crippen LogP contribution >= 0.6 is 0 Å². The quantitative estimate of drug-likeness (QED) is 0.891. The molecule has 0 bridgehead atoms. The fraction of sp³-hybridized carbons (Fsp3) is 0.667. The molecule has 0 fully saturated rings. The lowest BCUT2D eigenvalue weighted by atomic mass is 9.95. The fourth-order valence-corrected chi connectivity index (χ4v) is 1.58. The van der Waals surface area contributed by atoms with Gasteiger partial charge in [-0.3, -0.25) is 19.4 Å². The first-order valence-electron chi connectivity index (χ1n) is 6.05. The lowest BCUT2D eigenvalue weighted by Gasteiger charge is -2.17. The lowest BCUT2D eigenvalue weighted by Crippen LogP contribution is -2.35. The Balaban J connectivity index is 2.88. The van der Waals surface area contributed by atoms with E-state index in [-0.39, 0.29) is 23.7 Å². The molecule has 0 saturated heterocycles. The van der Waals surface area contributed by atoms with Gasteiger partial charge in [0, 0.05) is 11.1 Å². The molecule has 2 N–H and O–H groups in total. The molecular weight excluding hydrogens is 275 g/mol. The fourth-order valence-electron chi connectivity index (χ4n) is 1.58. The zero-order chi connectivity index (χ0) is 15.7. The van der Waals surface area contributed by atoms with Crippen molar-refractivity contribution in [1.29, 1.82) is 0 Å². The van der Waals surface area contributed by atoms with Crippen molar-refractivity contribution in [2.24, 2.45) is 5.41 Å². The summed E-state index contributed by atoms with van der Waals surface area (Å²) in [6, 6.07) is 0. The second-order valence-electron chi connectivity index (χ2n) is 5.64. The van der Waals surface area contributed by atoms with Crippen molar-refractivity contribution in [3.63, 3.8) is 0 Å². The standard InChI is InChI=1S/C12H18F3N3O2/c1-7-8(5-16-10(20)11(2,3)4)9(19)17-18(7)6-12(13,14)15/h5-6H2,1-4H3,(H,16,20)(H,17,19). The van der Waals surface area contributed by atoms with Gasteiger partial charge in [-0.25, -0.2) is 0 Å². The molecule has 8 heteroatoms. The summed E-state index contributed by atoms with van der Waals surface area (Å²) in [6.45, 7) is 5.16. The molecule has 0 aliphatic carbocycles. The Morgan fingerprint density at radius 2 is 1.85 bits per heavy atom. The van der Waals surface area contributed by atoms with Crippen LogP contribution in [0.5, 0.6) is 0 Å². The molecule has 1 aromatic heterocycles. The van der Waals surface area contributed by atoms with Crippen molar-refractivity contribution >= 4 is 5.91 Å². The number of hydrogen-bond donors (Lipinski definition) is 2. The summed E-state index contributed by atoms with van der Waals surface area (Å²) in [5.41, 5.74) is -0.954. The van der Waals surface area contributed by atoms with E-state index in [1.54, 1.807) is 20.8 Å². The summed E-state index contributed by atoms with van der Waals surface area (Å²) in [7, 11) is 0. The van der Waals surface area contributed by atoms with E-state index in [1.807, 2.05) is 0 Å². The highest BCUT2D eigenvalue weighted by atomic mass is 19.4. The number of rotatable bonds is 3. The van der Waals surface area contributed by atoms with Crippen LogP contribution in [0.1, 0.15) is 32.0 Å². The van der Waals surface area contributed by atoms with Crippen LogP contribution in [0.4, 0.5) is 13.2 Å². The number of carbonyl (C=O) groups is 1. The molecule has 0 saturated carbocycles. The number of aromatic amines is 1. The summed E-state index contributed by atoms with van der Waals surface area (Å²) in [5.74, 6) is -0.278. The highest BCUT2D eigenvalue weighted by Gasteiger charge is 2.30. The van der Waals surface area contributed by atoms with Gasteiger partial charge >= 0.3 is 6.18 Å². The van der Waals surface area contributed by atoms with Crippen LogP contribution in [-0.2, 0) is 17.9 Å². The Labute approximate surface area is 114 Å². The normalized spacial score (nSPS) is 12.6. The number of aromatic nitrogens is 2. The van der Waals surface area contributed by atoms with Crippen LogP contribution in [0, 0.1) is 12.3 Å². The van der Waals surface area contributed by atoms with E-state index in [1.165, 1.54) is 6.92 Å². The number of halogens is 3. The van der Waals surface area contributed by atoms with Crippen molar-refractivity contribution in [1.82, 2.24) is 15.1 Å². The Morgan fingerprint density at radius 1 is 1.30 bits per heavy atom. The number of alkyl halides is 3. The third-order valence-electron chi connectivity index (χ3n) is 2.80. The van der Waals surface area contributed by atoms with Crippen molar-refractivity contribution in [2.45, 2.75) is 47.0 Å². The highest BCUT2D eigenvalue weighted by Crippen LogP contribution is 2.18. The zero-order valence-corrected chi connectivity index (χ0v) is 11.8. The molecule has 0 atom stereocenters. The average Bonchev–Trinajstić information content (AvgIpc) is 2.48. The minimum Gasteiger partial charge on any atom is -0.351 e. The van der Waals surface area contributed by atoms with E-state index in [9.17, 15) is 22.8 Å². The summed E-state index contributed by atoms with van der Waals surface area (Å²) < 4.78 is 37.7. The molecule has 5 nitrogen and oxygen atoms in total. The van der Waals surface area contributed by atoms with E-state index >= 15 is 0 Å². The summed E-state index contributed by atoms with van der Waals surface area (Å²) >= 11 is 0. The Morgan fingerprint density at radius 3 is 2.30 bits per heavy atom. The molecule has 1 aromatic rings. The first-order chi connectivity index (χ1) is 8.92. The van der Waals surface area contributed by atoms with Gasteiger partial charge in [0.1, 0.15) is 6.54 Å². The smallest absolute Gasteiger partial charge is 0.351 e. The molecule has 0 aromatic carbocycles. The second-order valence-corrected chi connectivity index (χ2v) is 5.64. The number of amides is 1.